The highest BCUT2D eigenvalue weighted by atomic mass is 16.1. The van der Waals surface area contributed by atoms with Gasteiger partial charge in [0.2, 0.25) is 0 Å². The summed E-state index contributed by atoms with van der Waals surface area (Å²) in [7, 11) is 0. The number of carbonyl (C=O) groups is 1. The van der Waals surface area contributed by atoms with Gasteiger partial charge in [-0.25, -0.2) is 0 Å². The van der Waals surface area contributed by atoms with Crippen molar-refractivity contribution in [1.29, 1.82) is 0 Å². The molecule has 0 aromatic rings. The van der Waals surface area contributed by atoms with Crippen LogP contribution in [0.3, 0.4) is 0 Å². The molecule has 0 amide bonds. The number of carbonyl (C=O) groups excluding carboxylic acids is 1. The molecule has 1 heteroatoms. The molecule has 0 N–H and O–H groups in total. The first-order valence-electron chi connectivity index (χ1n) is 6.52. The minimum atomic E-state index is 0.300. The summed E-state index contributed by atoms with van der Waals surface area (Å²) in [6.45, 7) is 4.33. The molecule has 15 heavy (non-hydrogen) atoms. The highest BCUT2D eigenvalue weighted by molar-refractivity contribution is 5.97. The summed E-state index contributed by atoms with van der Waals surface area (Å²) in [6, 6.07) is 0. The molecule has 0 spiro atoms. The standard InChI is InChI=1S/C14H24O/c1-3-5-9-12(4-2)14(15)13-10-7-6-8-11-13/h10,12H,3-9,11H2,1-2H3. The van der Waals surface area contributed by atoms with Gasteiger partial charge in [0.15, 0.2) is 5.78 Å². The maximum atomic E-state index is 12.2. The van der Waals surface area contributed by atoms with E-state index in [2.05, 4.69) is 19.9 Å². The van der Waals surface area contributed by atoms with Crippen molar-refractivity contribution in [2.75, 3.05) is 0 Å². The second-order valence-corrected chi connectivity index (χ2v) is 4.59. The first-order valence-corrected chi connectivity index (χ1v) is 6.52. The number of hydrogen-bond donors (Lipinski definition) is 0. The Balaban J connectivity index is 2.51. The topological polar surface area (TPSA) is 17.1 Å². The van der Waals surface area contributed by atoms with Gasteiger partial charge >= 0.3 is 0 Å². The maximum Gasteiger partial charge on any atom is 0.161 e. The lowest BCUT2D eigenvalue weighted by Gasteiger charge is -2.18. The van der Waals surface area contributed by atoms with Crippen molar-refractivity contribution in [3.8, 4) is 0 Å². The van der Waals surface area contributed by atoms with E-state index in [1.54, 1.807) is 0 Å². The summed E-state index contributed by atoms with van der Waals surface area (Å²) in [6.07, 6.45) is 11.3. The predicted molar refractivity (Wildman–Crippen MR) is 64.9 cm³/mol. The van der Waals surface area contributed by atoms with Gasteiger partial charge in [-0.05, 0) is 44.1 Å². The SMILES string of the molecule is CCCCC(CC)C(=O)C1=CCCCC1. The minimum absolute atomic E-state index is 0.300. The fraction of sp³-hybridized carbons (Fsp3) is 0.786. The van der Waals surface area contributed by atoms with Crippen LogP contribution in [0, 0.1) is 5.92 Å². The third-order valence-electron chi connectivity index (χ3n) is 3.38. The number of rotatable bonds is 6. The smallest absolute Gasteiger partial charge is 0.161 e. The molecule has 0 fully saturated rings. The molecule has 0 aliphatic heterocycles. The number of allylic oxidation sites excluding steroid dienone is 2. The van der Waals surface area contributed by atoms with Crippen LogP contribution in [-0.2, 0) is 4.79 Å². The van der Waals surface area contributed by atoms with Crippen LogP contribution in [0.1, 0.15) is 65.2 Å². The van der Waals surface area contributed by atoms with Crippen LogP contribution in [-0.4, -0.2) is 5.78 Å². The first kappa shape index (κ1) is 12.5. The molecule has 1 aliphatic carbocycles. The zero-order valence-electron chi connectivity index (χ0n) is 10.2. The van der Waals surface area contributed by atoms with Gasteiger partial charge in [0.05, 0.1) is 0 Å². The van der Waals surface area contributed by atoms with Crippen molar-refractivity contribution < 1.29 is 4.79 Å². The quantitative estimate of drug-likeness (QED) is 0.637. The minimum Gasteiger partial charge on any atom is -0.294 e. The molecule has 1 unspecified atom stereocenters. The van der Waals surface area contributed by atoms with Crippen LogP contribution in [0.2, 0.25) is 0 Å². The molecule has 0 saturated carbocycles. The monoisotopic (exact) mass is 208 g/mol. The number of ketones is 1. The lowest BCUT2D eigenvalue weighted by molar-refractivity contribution is -0.119. The van der Waals surface area contributed by atoms with Crippen LogP contribution >= 0.6 is 0 Å². The van der Waals surface area contributed by atoms with Crippen molar-refractivity contribution in [2.24, 2.45) is 5.92 Å². The zero-order valence-corrected chi connectivity index (χ0v) is 10.2. The predicted octanol–water partition coefficient (Wildman–Crippen LogP) is 4.27. The Morgan fingerprint density at radius 1 is 1.40 bits per heavy atom. The third-order valence-corrected chi connectivity index (χ3v) is 3.38. The van der Waals surface area contributed by atoms with Gasteiger partial charge in [-0.15, -0.1) is 0 Å². The van der Waals surface area contributed by atoms with Gasteiger partial charge in [0.1, 0.15) is 0 Å². The molecule has 0 aromatic carbocycles. The van der Waals surface area contributed by atoms with Crippen molar-refractivity contribution >= 4 is 5.78 Å². The summed E-state index contributed by atoms with van der Waals surface area (Å²) in [5, 5.41) is 0. The van der Waals surface area contributed by atoms with Gasteiger partial charge in [-0.1, -0.05) is 32.8 Å². The number of hydrogen-bond acceptors (Lipinski definition) is 1. The van der Waals surface area contributed by atoms with E-state index in [-0.39, 0.29) is 0 Å². The van der Waals surface area contributed by atoms with Crippen molar-refractivity contribution in [3.05, 3.63) is 11.6 Å². The second-order valence-electron chi connectivity index (χ2n) is 4.59. The molecule has 1 aliphatic rings. The van der Waals surface area contributed by atoms with Crippen LogP contribution < -0.4 is 0 Å². The van der Waals surface area contributed by atoms with E-state index in [0.717, 1.165) is 31.3 Å². The molecule has 86 valence electrons. The highest BCUT2D eigenvalue weighted by Gasteiger charge is 2.20. The summed E-state index contributed by atoms with van der Waals surface area (Å²) in [4.78, 5) is 12.2. The lowest BCUT2D eigenvalue weighted by atomic mass is 9.86. The van der Waals surface area contributed by atoms with E-state index in [1.165, 1.54) is 25.7 Å². The molecule has 0 saturated heterocycles. The summed E-state index contributed by atoms with van der Waals surface area (Å²) in [5.74, 6) is 0.750. The fourth-order valence-corrected chi connectivity index (χ4v) is 2.30. The molecule has 0 heterocycles. The van der Waals surface area contributed by atoms with Crippen LogP contribution in [0.25, 0.3) is 0 Å². The Labute approximate surface area is 93.9 Å². The Hall–Kier alpha value is -0.590. The number of Topliss-reactive ketones (excluding diaryl/α,β-unsaturated/α-hetero) is 1. The molecular weight excluding hydrogens is 184 g/mol. The molecule has 0 bridgehead atoms. The fourth-order valence-electron chi connectivity index (χ4n) is 2.30. The molecule has 0 aromatic heterocycles. The van der Waals surface area contributed by atoms with Crippen molar-refractivity contribution in [2.45, 2.75) is 65.2 Å². The Morgan fingerprint density at radius 3 is 2.73 bits per heavy atom. The largest absolute Gasteiger partial charge is 0.294 e. The Morgan fingerprint density at radius 2 is 2.20 bits per heavy atom. The van der Waals surface area contributed by atoms with E-state index in [4.69, 9.17) is 0 Å². The van der Waals surface area contributed by atoms with E-state index < -0.39 is 0 Å². The normalized spacial score (nSPS) is 18.4. The van der Waals surface area contributed by atoms with Crippen molar-refractivity contribution in [3.63, 3.8) is 0 Å². The summed E-state index contributed by atoms with van der Waals surface area (Å²) >= 11 is 0. The van der Waals surface area contributed by atoms with Crippen LogP contribution in [0.5, 0.6) is 0 Å². The highest BCUT2D eigenvalue weighted by Crippen LogP contribution is 2.24. The zero-order chi connectivity index (χ0) is 11.1. The molecule has 1 atom stereocenters. The van der Waals surface area contributed by atoms with Crippen LogP contribution in [0.4, 0.5) is 0 Å². The molecule has 1 nitrogen and oxygen atoms in total. The first-order chi connectivity index (χ1) is 7.29. The molecular formula is C14H24O. The van der Waals surface area contributed by atoms with E-state index in [1.807, 2.05) is 0 Å². The Bertz CT molecular complexity index is 227. The molecule has 0 radical (unpaired) electrons. The third kappa shape index (κ3) is 3.81. The average molecular weight is 208 g/mol. The second kappa shape index (κ2) is 6.81. The van der Waals surface area contributed by atoms with Gasteiger partial charge < -0.3 is 0 Å². The molecule has 1 rings (SSSR count). The maximum absolute atomic E-state index is 12.2. The Kier molecular flexibility index (Phi) is 5.67. The van der Waals surface area contributed by atoms with Gasteiger partial charge in [-0.2, -0.15) is 0 Å². The van der Waals surface area contributed by atoms with E-state index in [9.17, 15) is 4.79 Å². The van der Waals surface area contributed by atoms with E-state index in [0.29, 0.717) is 11.7 Å². The van der Waals surface area contributed by atoms with E-state index >= 15 is 0 Å². The lowest BCUT2D eigenvalue weighted by Crippen LogP contribution is -2.17. The number of unbranched alkanes of at least 4 members (excludes halogenated alkanes) is 1. The average Bonchev–Trinajstić information content (AvgIpc) is 2.31. The van der Waals surface area contributed by atoms with Gasteiger partial charge in [-0.3, -0.25) is 4.79 Å². The summed E-state index contributed by atoms with van der Waals surface area (Å²) in [5.41, 5.74) is 1.13. The van der Waals surface area contributed by atoms with Gasteiger partial charge in [0.25, 0.3) is 0 Å². The van der Waals surface area contributed by atoms with Crippen molar-refractivity contribution in [1.82, 2.24) is 0 Å². The van der Waals surface area contributed by atoms with Gasteiger partial charge in [0, 0.05) is 5.92 Å². The van der Waals surface area contributed by atoms with Crippen LogP contribution in [0.15, 0.2) is 11.6 Å². The summed E-state index contributed by atoms with van der Waals surface area (Å²) < 4.78 is 0.